The van der Waals surface area contributed by atoms with Crippen molar-refractivity contribution < 1.29 is 4.79 Å². The van der Waals surface area contributed by atoms with Crippen LogP contribution in [-0.2, 0) is 11.3 Å². The zero-order valence-corrected chi connectivity index (χ0v) is 13.3. The molecule has 0 fully saturated rings. The van der Waals surface area contributed by atoms with E-state index in [4.69, 9.17) is 11.6 Å². The molecule has 23 heavy (non-hydrogen) atoms. The van der Waals surface area contributed by atoms with Crippen LogP contribution in [0.1, 0.15) is 17.3 Å². The molecule has 0 spiro atoms. The first-order valence-corrected chi connectivity index (χ1v) is 7.56. The number of rotatable bonds is 4. The summed E-state index contributed by atoms with van der Waals surface area (Å²) < 4.78 is 1.81. The summed E-state index contributed by atoms with van der Waals surface area (Å²) in [5.41, 5.74) is 2.15. The Morgan fingerprint density at radius 1 is 1.35 bits per heavy atom. The van der Waals surface area contributed by atoms with Crippen LogP contribution in [0.5, 0.6) is 0 Å². The van der Waals surface area contributed by atoms with Crippen LogP contribution >= 0.6 is 11.6 Å². The molecule has 2 aromatic heterocycles. The van der Waals surface area contributed by atoms with E-state index in [-0.39, 0.29) is 12.3 Å². The average molecular weight is 324 g/mol. The number of carbonyl (C=O) groups excluding carboxylic acids is 1. The molecule has 114 valence electrons. The maximum absolute atomic E-state index is 12.6. The number of ketones is 1. The Labute approximate surface area is 138 Å². The normalized spacial score (nSPS) is 12.0. The van der Waals surface area contributed by atoms with Crippen molar-refractivity contribution in [3.05, 3.63) is 65.1 Å². The van der Waals surface area contributed by atoms with Crippen molar-refractivity contribution in [1.82, 2.24) is 9.55 Å². The van der Waals surface area contributed by atoms with Crippen LogP contribution < -0.4 is 0 Å². The van der Waals surface area contributed by atoms with E-state index in [1.165, 1.54) is 0 Å². The molecule has 0 aliphatic heterocycles. The highest BCUT2D eigenvalue weighted by Gasteiger charge is 2.22. The molecular formula is C18H14ClN3O. The largest absolute Gasteiger partial charge is 0.340 e. The number of carbonyl (C=O) groups is 1. The van der Waals surface area contributed by atoms with Gasteiger partial charge in [-0.25, -0.2) is 0 Å². The Kier molecular flexibility index (Phi) is 4.14. The van der Waals surface area contributed by atoms with Crippen molar-refractivity contribution in [3.63, 3.8) is 0 Å². The highest BCUT2D eigenvalue weighted by Crippen LogP contribution is 2.22. The molecular weight excluding hydrogens is 310 g/mol. The van der Waals surface area contributed by atoms with Crippen molar-refractivity contribution in [3.8, 4) is 6.07 Å². The predicted molar refractivity (Wildman–Crippen MR) is 89.3 cm³/mol. The minimum atomic E-state index is -0.869. The second-order valence-electron chi connectivity index (χ2n) is 5.38. The van der Waals surface area contributed by atoms with Crippen molar-refractivity contribution in [2.24, 2.45) is 0 Å². The van der Waals surface area contributed by atoms with Crippen molar-refractivity contribution in [2.45, 2.75) is 19.4 Å². The maximum atomic E-state index is 12.6. The number of halogens is 1. The number of benzene rings is 1. The van der Waals surface area contributed by atoms with E-state index in [1.807, 2.05) is 48.0 Å². The molecule has 1 atom stereocenters. The quantitative estimate of drug-likeness (QED) is 0.732. The standard InChI is InChI=1S/C18H14ClN3O/c1-12-3-2-4-16(21-12)15(10-20)18(23)11-22-8-7-13-5-6-14(19)9-17(13)22/h2-9,15H,11H2,1H3. The van der Waals surface area contributed by atoms with Gasteiger partial charge in [-0.3, -0.25) is 9.78 Å². The van der Waals surface area contributed by atoms with E-state index in [9.17, 15) is 10.1 Å². The Bertz CT molecular complexity index is 923. The molecule has 1 unspecified atom stereocenters. The maximum Gasteiger partial charge on any atom is 0.175 e. The Morgan fingerprint density at radius 2 is 2.17 bits per heavy atom. The van der Waals surface area contributed by atoms with Crippen LogP contribution in [0, 0.1) is 18.3 Å². The molecule has 2 heterocycles. The summed E-state index contributed by atoms with van der Waals surface area (Å²) in [6.45, 7) is 1.95. The summed E-state index contributed by atoms with van der Waals surface area (Å²) in [5.74, 6) is -1.06. The van der Waals surface area contributed by atoms with E-state index in [1.54, 1.807) is 12.1 Å². The van der Waals surface area contributed by atoms with Gasteiger partial charge in [-0.05, 0) is 42.6 Å². The lowest BCUT2D eigenvalue weighted by molar-refractivity contribution is -0.119. The number of nitrogens with zero attached hydrogens (tertiary/aromatic N) is 3. The number of hydrogen-bond donors (Lipinski definition) is 0. The van der Waals surface area contributed by atoms with Gasteiger partial charge in [-0.1, -0.05) is 23.7 Å². The van der Waals surface area contributed by atoms with Crippen molar-refractivity contribution >= 4 is 28.3 Å². The van der Waals surface area contributed by atoms with Crippen molar-refractivity contribution in [1.29, 1.82) is 5.26 Å². The summed E-state index contributed by atoms with van der Waals surface area (Å²) in [5, 5.41) is 11.0. The Balaban J connectivity index is 1.90. The number of nitriles is 1. The first-order chi connectivity index (χ1) is 11.1. The lowest BCUT2D eigenvalue weighted by atomic mass is 10.0. The van der Waals surface area contributed by atoms with Crippen LogP contribution in [-0.4, -0.2) is 15.3 Å². The van der Waals surface area contributed by atoms with Gasteiger partial charge in [0, 0.05) is 22.4 Å². The summed E-state index contributed by atoms with van der Waals surface area (Å²) in [6, 6.07) is 14.9. The number of aromatic nitrogens is 2. The number of fused-ring (bicyclic) bond motifs is 1. The van der Waals surface area contributed by atoms with E-state index in [0.29, 0.717) is 10.7 Å². The topological polar surface area (TPSA) is 58.7 Å². The molecule has 0 amide bonds. The van der Waals surface area contributed by atoms with E-state index < -0.39 is 5.92 Å². The molecule has 0 aliphatic carbocycles. The SMILES string of the molecule is Cc1cccc(C(C#N)C(=O)Cn2ccc3ccc(Cl)cc32)n1. The molecule has 0 N–H and O–H groups in total. The van der Waals surface area contributed by atoms with Crippen LogP contribution in [0.2, 0.25) is 5.02 Å². The van der Waals surface area contributed by atoms with Gasteiger partial charge in [0.05, 0.1) is 18.3 Å². The molecule has 3 rings (SSSR count). The monoisotopic (exact) mass is 323 g/mol. The fraction of sp³-hybridized carbons (Fsp3) is 0.167. The van der Waals surface area contributed by atoms with Gasteiger partial charge in [0.2, 0.25) is 0 Å². The lowest BCUT2D eigenvalue weighted by Crippen LogP contribution is -2.18. The fourth-order valence-corrected chi connectivity index (χ4v) is 2.75. The zero-order valence-electron chi connectivity index (χ0n) is 12.5. The minimum Gasteiger partial charge on any atom is -0.340 e. The summed E-state index contributed by atoms with van der Waals surface area (Å²) in [6.07, 6.45) is 1.83. The molecule has 3 aromatic rings. The van der Waals surface area contributed by atoms with E-state index in [2.05, 4.69) is 11.1 Å². The lowest BCUT2D eigenvalue weighted by Gasteiger charge is -2.10. The third-order valence-corrected chi connectivity index (χ3v) is 3.95. The molecule has 5 heteroatoms. The summed E-state index contributed by atoms with van der Waals surface area (Å²) in [7, 11) is 0. The average Bonchev–Trinajstić information content (AvgIpc) is 2.90. The second-order valence-corrected chi connectivity index (χ2v) is 5.82. The molecule has 0 bridgehead atoms. The number of hydrogen-bond acceptors (Lipinski definition) is 3. The van der Waals surface area contributed by atoms with Crippen LogP contribution in [0.3, 0.4) is 0 Å². The smallest absolute Gasteiger partial charge is 0.175 e. The highest BCUT2D eigenvalue weighted by molar-refractivity contribution is 6.31. The third kappa shape index (κ3) is 3.10. The first-order valence-electron chi connectivity index (χ1n) is 7.19. The van der Waals surface area contributed by atoms with Crippen LogP contribution in [0.15, 0.2) is 48.7 Å². The second kappa shape index (κ2) is 6.23. The predicted octanol–water partition coefficient (Wildman–Crippen LogP) is 3.87. The van der Waals surface area contributed by atoms with Crippen LogP contribution in [0.4, 0.5) is 0 Å². The first kappa shape index (κ1) is 15.3. The number of pyridine rings is 1. The van der Waals surface area contributed by atoms with Crippen LogP contribution in [0.25, 0.3) is 10.9 Å². The van der Waals surface area contributed by atoms with E-state index >= 15 is 0 Å². The van der Waals surface area contributed by atoms with E-state index in [0.717, 1.165) is 16.6 Å². The molecule has 0 saturated heterocycles. The van der Waals surface area contributed by atoms with Gasteiger partial charge >= 0.3 is 0 Å². The van der Waals surface area contributed by atoms with Gasteiger partial charge in [-0.2, -0.15) is 5.26 Å². The van der Waals surface area contributed by atoms with Crippen molar-refractivity contribution in [2.75, 3.05) is 0 Å². The fourth-order valence-electron chi connectivity index (χ4n) is 2.58. The zero-order chi connectivity index (χ0) is 16.4. The van der Waals surface area contributed by atoms with Gasteiger partial charge in [-0.15, -0.1) is 0 Å². The van der Waals surface area contributed by atoms with Gasteiger partial charge in [0.15, 0.2) is 5.78 Å². The molecule has 0 radical (unpaired) electrons. The van der Waals surface area contributed by atoms with Gasteiger partial charge in [0.1, 0.15) is 5.92 Å². The highest BCUT2D eigenvalue weighted by atomic mass is 35.5. The molecule has 0 saturated carbocycles. The number of Topliss-reactive ketones (excluding diaryl/α,β-unsaturated/α-hetero) is 1. The molecule has 1 aromatic carbocycles. The van der Waals surface area contributed by atoms with Gasteiger partial charge in [0.25, 0.3) is 0 Å². The summed E-state index contributed by atoms with van der Waals surface area (Å²) in [4.78, 5) is 16.9. The number of aryl methyl sites for hydroxylation is 1. The minimum absolute atomic E-state index is 0.109. The third-order valence-electron chi connectivity index (χ3n) is 3.72. The Hall–Kier alpha value is -2.64. The van der Waals surface area contributed by atoms with Gasteiger partial charge < -0.3 is 4.57 Å². The molecule has 0 aliphatic rings. The molecule has 4 nitrogen and oxygen atoms in total. The summed E-state index contributed by atoms with van der Waals surface area (Å²) >= 11 is 6.03. The Morgan fingerprint density at radius 3 is 2.91 bits per heavy atom.